The highest BCUT2D eigenvalue weighted by atomic mass is 32.2. The molecular weight excluding hydrogens is 188 g/mol. The van der Waals surface area contributed by atoms with Crippen LogP contribution in [0.5, 0.6) is 0 Å². The SMILES string of the molecule is CCC.CCCCSc1ccccc1. The number of rotatable bonds is 4. The average molecular weight is 210 g/mol. The van der Waals surface area contributed by atoms with E-state index in [0.717, 1.165) is 0 Å². The van der Waals surface area contributed by atoms with Gasteiger partial charge in [0.15, 0.2) is 0 Å². The van der Waals surface area contributed by atoms with Crippen molar-refractivity contribution in [2.45, 2.75) is 44.9 Å². The average Bonchev–Trinajstić information content (AvgIpc) is 2.21. The molecule has 1 rings (SSSR count). The second kappa shape index (κ2) is 10.6. The van der Waals surface area contributed by atoms with E-state index in [4.69, 9.17) is 0 Å². The topological polar surface area (TPSA) is 0 Å². The summed E-state index contributed by atoms with van der Waals surface area (Å²) in [5, 5.41) is 0. The fourth-order valence-electron chi connectivity index (χ4n) is 0.851. The first kappa shape index (κ1) is 13.6. The summed E-state index contributed by atoms with van der Waals surface area (Å²) >= 11 is 1.94. The first-order chi connectivity index (χ1) is 6.85. The Balaban J connectivity index is 0.000000500. The Labute approximate surface area is 93.1 Å². The smallest absolute Gasteiger partial charge is 0.00719 e. The Morgan fingerprint density at radius 1 is 1.00 bits per heavy atom. The third-order valence-corrected chi connectivity index (χ3v) is 2.61. The Morgan fingerprint density at radius 2 is 1.57 bits per heavy atom. The van der Waals surface area contributed by atoms with Gasteiger partial charge in [0.2, 0.25) is 0 Å². The molecule has 0 atom stereocenters. The minimum Gasteiger partial charge on any atom is -0.126 e. The Bertz CT molecular complexity index is 194. The second-order valence-electron chi connectivity index (χ2n) is 3.22. The van der Waals surface area contributed by atoms with Crippen LogP contribution >= 0.6 is 11.8 Å². The molecule has 1 heteroatoms. The van der Waals surface area contributed by atoms with Gasteiger partial charge in [-0.25, -0.2) is 0 Å². The standard InChI is InChI=1S/C10H14S.C3H8/c1-2-3-9-11-10-7-5-4-6-8-10;1-3-2/h4-8H,2-3,9H2,1H3;3H2,1-2H3. The highest BCUT2D eigenvalue weighted by molar-refractivity contribution is 7.99. The van der Waals surface area contributed by atoms with Crippen LogP contribution in [0.4, 0.5) is 0 Å². The van der Waals surface area contributed by atoms with Crippen LogP contribution in [0.15, 0.2) is 35.2 Å². The van der Waals surface area contributed by atoms with Gasteiger partial charge in [0.1, 0.15) is 0 Å². The van der Waals surface area contributed by atoms with Gasteiger partial charge in [-0.1, -0.05) is 51.8 Å². The van der Waals surface area contributed by atoms with E-state index in [1.807, 2.05) is 11.8 Å². The number of hydrogen-bond acceptors (Lipinski definition) is 1. The summed E-state index contributed by atoms with van der Waals surface area (Å²) in [5.41, 5.74) is 0. The van der Waals surface area contributed by atoms with Crippen molar-refractivity contribution < 1.29 is 0 Å². The Kier molecular flexibility index (Phi) is 10.3. The first-order valence-corrected chi connectivity index (χ1v) is 6.51. The van der Waals surface area contributed by atoms with Crippen molar-refractivity contribution in [2.75, 3.05) is 5.75 Å². The summed E-state index contributed by atoms with van der Waals surface area (Å²) in [6, 6.07) is 10.6. The van der Waals surface area contributed by atoms with Gasteiger partial charge in [0.05, 0.1) is 0 Å². The normalized spacial score (nSPS) is 9.07. The molecule has 0 radical (unpaired) electrons. The minimum absolute atomic E-state index is 1.25. The van der Waals surface area contributed by atoms with Crippen LogP contribution in [0.3, 0.4) is 0 Å². The molecule has 0 aliphatic rings. The highest BCUT2D eigenvalue weighted by Crippen LogP contribution is 2.17. The number of hydrogen-bond donors (Lipinski definition) is 0. The molecule has 1 aromatic rings. The lowest BCUT2D eigenvalue weighted by Gasteiger charge is -1.98. The lowest BCUT2D eigenvalue weighted by Crippen LogP contribution is -1.76. The van der Waals surface area contributed by atoms with Gasteiger partial charge in [-0.15, -0.1) is 11.8 Å². The van der Waals surface area contributed by atoms with E-state index in [-0.39, 0.29) is 0 Å². The molecule has 1 aromatic carbocycles. The van der Waals surface area contributed by atoms with Crippen LogP contribution < -0.4 is 0 Å². The molecule has 0 aliphatic heterocycles. The molecule has 0 bridgehead atoms. The van der Waals surface area contributed by atoms with Crippen molar-refractivity contribution in [2.24, 2.45) is 0 Å². The fraction of sp³-hybridized carbons (Fsp3) is 0.538. The van der Waals surface area contributed by atoms with Gasteiger partial charge in [0.25, 0.3) is 0 Å². The molecule has 0 saturated heterocycles. The van der Waals surface area contributed by atoms with E-state index < -0.39 is 0 Å². The third kappa shape index (κ3) is 8.18. The van der Waals surface area contributed by atoms with Crippen molar-refractivity contribution in [3.8, 4) is 0 Å². The van der Waals surface area contributed by atoms with Gasteiger partial charge >= 0.3 is 0 Å². The molecule has 0 heterocycles. The zero-order valence-corrected chi connectivity index (χ0v) is 10.4. The zero-order chi connectivity index (χ0) is 10.6. The molecular formula is C13H22S. The molecule has 0 saturated carbocycles. The van der Waals surface area contributed by atoms with Gasteiger partial charge in [-0.3, -0.25) is 0 Å². The minimum atomic E-state index is 1.25. The summed E-state index contributed by atoms with van der Waals surface area (Å²) in [6.45, 7) is 6.48. The number of benzene rings is 1. The van der Waals surface area contributed by atoms with Crippen LogP contribution in [-0.2, 0) is 0 Å². The third-order valence-electron chi connectivity index (χ3n) is 1.51. The number of unbranched alkanes of at least 4 members (excludes halogenated alkanes) is 1. The highest BCUT2D eigenvalue weighted by Gasteiger charge is 1.89. The van der Waals surface area contributed by atoms with Crippen molar-refractivity contribution in [3.05, 3.63) is 30.3 Å². The molecule has 14 heavy (non-hydrogen) atoms. The van der Waals surface area contributed by atoms with Crippen molar-refractivity contribution in [1.82, 2.24) is 0 Å². The van der Waals surface area contributed by atoms with Crippen LogP contribution in [0.2, 0.25) is 0 Å². The molecule has 0 nitrogen and oxygen atoms in total. The molecule has 0 spiro atoms. The first-order valence-electron chi connectivity index (χ1n) is 5.52. The van der Waals surface area contributed by atoms with Crippen molar-refractivity contribution in [3.63, 3.8) is 0 Å². The summed E-state index contributed by atoms with van der Waals surface area (Å²) in [7, 11) is 0. The van der Waals surface area contributed by atoms with Crippen LogP contribution in [0.1, 0.15) is 40.0 Å². The predicted octanol–water partition coefficient (Wildman–Crippen LogP) is 5.00. The summed E-state index contributed by atoms with van der Waals surface area (Å²) in [6.07, 6.45) is 3.86. The Hall–Kier alpha value is -0.430. The molecule has 0 unspecified atom stereocenters. The van der Waals surface area contributed by atoms with Crippen LogP contribution in [0.25, 0.3) is 0 Å². The quantitative estimate of drug-likeness (QED) is 0.498. The lowest BCUT2D eigenvalue weighted by atomic mass is 10.4. The summed E-state index contributed by atoms with van der Waals surface area (Å²) in [4.78, 5) is 1.39. The lowest BCUT2D eigenvalue weighted by molar-refractivity contribution is 0.896. The Morgan fingerprint density at radius 3 is 2.07 bits per heavy atom. The van der Waals surface area contributed by atoms with Crippen molar-refractivity contribution in [1.29, 1.82) is 0 Å². The molecule has 0 fully saturated rings. The molecule has 0 aromatic heterocycles. The van der Waals surface area contributed by atoms with Crippen molar-refractivity contribution >= 4 is 11.8 Å². The molecule has 80 valence electrons. The van der Waals surface area contributed by atoms with E-state index >= 15 is 0 Å². The van der Waals surface area contributed by atoms with E-state index in [2.05, 4.69) is 51.1 Å². The predicted molar refractivity (Wildman–Crippen MR) is 68.0 cm³/mol. The number of thioether (sulfide) groups is 1. The largest absolute Gasteiger partial charge is 0.126 e. The monoisotopic (exact) mass is 210 g/mol. The zero-order valence-electron chi connectivity index (χ0n) is 9.62. The maximum absolute atomic E-state index is 2.23. The van der Waals surface area contributed by atoms with E-state index in [1.165, 1.54) is 29.9 Å². The molecule has 0 N–H and O–H groups in total. The van der Waals surface area contributed by atoms with Gasteiger partial charge in [-0.2, -0.15) is 0 Å². The summed E-state index contributed by atoms with van der Waals surface area (Å²) in [5.74, 6) is 1.25. The second-order valence-corrected chi connectivity index (χ2v) is 4.39. The van der Waals surface area contributed by atoms with Crippen LogP contribution in [-0.4, -0.2) is 5.75 Å². The fourth-order valence-corrected chi connectivity index (χ4v) is 1.87. The van der Waals surface area contributed by atoms with E-state index in [9.17, 15) is 0 Å². The molecule has 0 amide bonds. The van der Waals surface area contributed by atoms with Gasteiger partial charge < -0.3 is 0 Å². The summed E-state index contributed by atoms with van der Waals surface area (Å²) < 4.78 is 0. The maximum Gasteiger partial charge on any atom is 0.00719 e. The van der Waals surface area contributed by atoms with E-state index in [1.54, 1.807) is 0 Å². The van der Waals surface area contributed by atoms with Gasteiger partial charge in [0, 0.05) is 4.90 Å². The van der Waals surface area contributed by atoms with E-state index in [0.29, 0.717) is 0 Å². The van der Waals surface area contributed by atoms with Crippen LogP contribution in [0, 0.1) is 0 Å². The molecule has 0 aliphatic carbocycles. The maximum atomic E-state index is 2.23. The van der Waals surface area contributed by atoms with Gasteiger partial charge in [-0.05, 0) is 24.3 Å².